The number of carbonyl (C=O) groups excluding carboxylic acids is 2. The molecule has 0 spiro atoms. The van der Waals surface area contributed by atoms with Crippen molar-refractivity contribution >= 4 is 11.7 Å². The predicted molar refractivity (Wildman–Crippen MR) is 61.5 cm³/mol. The van der Waals surface area contributed by atoms with Gasteiger partial charge in [-0.1, -0.05) is 34.6 Å². The fraction of sp³-hybridized carbons (Fsp3) is 0.833. The number of rotatable bonds is 5. The summed E-state index contributed by atoms with van der Waals surface area (Å²) in [5, 5.41) is 2.70. The van der Waals surface area contributed by atoms with Crippen LogP contribution in [0.25, 0.3) is 0 Å². The van der Waals surface area contributed by atoms with Gasteiger partial charge in [-0.15, -0.1) is 0 Å². The largest absolute Gasteiger partial charge is 0.349 e. The molecule has 3 nitrogen and oxygen atoms in total. The summed E-state index contributed by atoms with van der Waals surface area (Å²) in [6.45, 7) is 9.70. The third-order valence-corrected chi connectivity index (χ3v) is 2.62. The van der Waals surface area contributed by atoms with Gasteiger partial charge in [0, 0.05) is 11.3 Å². The lowest BCUT2D eigenvalue weighted by Crippen LogP contribution is -2.38. The van der Waals surface area contributed by atoms with Crippen molar-refractivity contribution in [2.75, 3.05) is 6.54 Å². The topological polar surface area (TPSA) is 46.2 Å². The predicted octanol–water partition coefficient (Wildman–Crippen LogP) is 2.15. The van der Waals surface area contributed by atoms with E-state index in [9.17, 15) is 9.59 Å². The second-order valence-electron chi connectivity index (χ2n) is 4.90. The maximum Gasteiger partial charge on any atom is 0.223 e. The summed E-state index contributed by atoms with van der Waals surface area (Å²) in [6, 6.07) is 0. The standard InChI is InChI=1S/C12H23NO2/c1-6-9(7-2)11(15)13-8-10(14)12(3,4)5/h9H,6-8H2,1-5H3,(H,13,15). The van der Waals surface area contributed by atoms with E-state index >= 15 is 0 Å². The highest BCUT2D eigenvalue weighted by Crippen LogP contribution is 2.14. The molecule has 0 atom stereocenters. The van der Waals surface area contributed by atoms with Crippen molar-refractivity contribution in [1.82, 2.24) is 5.32 Å². The SMILES string of the molecule is CCC(CC)C(=O)NCC(=O)C(C)(C)C. The Balaban J connectivity index is 4.06. The minimum absolute atomic E-state index is 0.00222. The first-order chi connectivity index (χ1) is 6.82. The van der Waals surface area contributed by atoms with Gasteiger partial charge in [0.15, 0.2) is 5.78 Å². The Labute approximate surface area is 92.6 Å². The Morgan fingerprint density at radius 3 is 1.93 bits per heavy atom. The molecule has 0 aromatic rings. The van der Waals surface area contributed by atoms with Crippen molar-refractivity contribution in [2.45, 2.75) is 47.5 Å². The molecule has 1 N–H and O–H groups in total. The maximum absolute atomic E-state index is 11.6. The molecule has 0 saturated heterocycles. The van der Waals surface area contributed by atoms with Crippen molar-refractivity contribution < 1.29 is 9.59 Å². The molecular formula is C12H23NO2. The Morgan fingerprint density at radius 1 is 1.13 bits per heavy atom. The molecule has 0 aromatic carbocycles. The first kappa shape index (κ1) is 14.1. The summed E-state index contributed by atoms with van der Waals surface area (Å²) in [5.74, 6) is 0.108. The second-order valence-corrected chi connectivity index (χ2v) is 4.90. The number of Topliss-reactive ketones (excluding diaryl/α,β-unsaturated/α-hetero) is 1. The third kappa shape index (κ3) is 4.96. The fourth-order valence-corrected chi connectivity index (χ4v) is 1.24. The first-order valence-corrected chi connectivity index (χ1v) is 5.63. The van der Waals surface area contributed by atoms with E-state index in [1.807, 2.05) is 34.6 Å². The lowest BCUT2D eigenvalue weighted by molar-refractivity contribution is -0.130. The molecule has 0 aromatic heterocycles. The summed E-state index contributed by atoms with van der Waals surface area (Å²) >= 11 is 0. The number of nitrogens with one attached hydrogen (secondary N) is 1. The summed E-state index contributed by atoms with van der Waals surface area (Å²) in [5.41, 5.74) is -0.374. The van der Waals surface area contributed by atoms with Gasteiger partial charge in [0.2, 0.25) is 5.91 Å². The van der Waals surface area contributed by atoms with Crippen LogP contribution in [0.15, 0.2) is 0 Å². The van der Waals surface area contributed by atoms with Gasteiger partial charge >= 0.3 is 0 Å². The normalized spacial score (nSPS) is 11.6. The van der Waals surface area contributed by atoms with Gasteiger partial charge in [-0.25, -0.2) is 0 Å². The van der Waals surface area contributed by atoms with Crippen LogP contribution in [0.1, 0.15) is 47.5 Å². The maximum atomic E-state index is 11.6. The van der Waals surface area contributed by atoms with E-state index < -0.39 is 0 Å². The first-order valence-electron chi connectivity index (χ1n) is 5.63. The van der Waals surface area contributed by atoms with Crippen molar-refractivity contribution in [3.05, 3.63) is 0 Å². The number of ketones is 1. The quantitative estimate of drug-likeness (QED) is 0.760. The zero-order valence-corrected chi connectivity index (χ0v) is 10.5. The van der Waals surface area contributed by atoms with Crippen molar-refractivity contribution in [3.63, 3.8) is 0 Å². The molecule has 0 heterocycles. The molecule has 1 amide bonds. The summed E-state index contributed by atoms with van der Waals surface area (Å²) in [4.78, 5) is 23.1. The van der Waals surface area contributed by atoms with Gasteiger partial charge in [0.05, 0.1) is 6.54 Å². The van der Waals surface area contributed by atoms with E-state index in [4.69, 9.17) is 0 Å². The Bertz CT molecular complexity index is 224. The lowest BCUT2D eigenvalue weighted by atomic mass is 9.90. The van der Waals surface area contributed by atoms with E-state index in [1.54, 1.807) is 0 Å². The van der Waals surface area contributed by atoms with Crippen LogP contribution in [0, 0.1) is 11.3 Å². The molecule has 0 radical (unpaired) electrons. The monoisotopic (exact) mass is 213 g/mol. The molecule has 15 heavy (non-hydrogen) atoms. The second kappa shape index (κ2) is 5.89. The Hall–Kier alpha value is -0.860. The number of amides is 1. The van der Waals surface area contributed by atoms with E-state index in [-0.39, 0.29) is 29.6 Å². The van der Waals surface area contributed by atoms with E-state index in [1.165, 1.54) is 0 Å². The molecule has 0 rings (SSSR count). The molecular weight excluding hydrogens is 190 g/mol. The minimum atomic E-state index is -0.374. The molecule has 0 unspecified atom stereocenters. The smallest absolute Gasteiger partial charge is 0.223 e. The molecule has 0 bridgehead atoms. The van der Waals surface area contributed by atoms with E-state index in [0.29, 0.717) is 0 Å². The Morgan fingerprint density at radius 2 is 1.60 bits per heavy atom. The molecule has 3 heteroatoms. The average Bonchev–Trinajstić information content (AvgIpc) is 2.14. The van der Waals surface area contributed by atoms with Gasteiger partial charge < -0.3 is 5.32 Å². The zero-order chi connectivity index (χ0) is 12.1. The van der Waals surface area contributed by atoms with Crippen LogP contribution in [0.2, 0.25) is 0 Å². The highest BCUT2D eigenvalue weighted by Gasteiger charge is 2.22. The van der Waals surface area contributed by atoms with Crippen LogP contribution >= 0.6 is 0 Å². The molecule has 0 aliphatic carbocycles. The van der Waals surface area contributed by atoms with Gasteiger partial charge in [-0.05, 0) is 12.8 Å². The molecule has 0 aliphatic rings. The highest BCUT2D eigenvalue weighted by molar-refractivity contribution is 5.89. The van der Waals surface area contributed by atoms with Crippen molar-refractivity contribution in [3.8, 4) is 0 Å². The van der Waals surface area contributed by atoms with Gasteiger partial charge in [-0.3, -0.25) is 9.59 Å². The number of hydrogen-bond donors (Lipinski definition) is 1. The van der Waals surface area contributed by atoms with Crippen LogP contribution in [0.3, 0.4) is 0 Å². The summed E-state index contributed by atoms with van der Waals surface area (Å²) in [6.07, 6.45) is 1.65. The number of carbonyl (C=O) groups is 2. The highest BCUT2D eigenvalue weighted by atomic mass is 16.2. The van der Waals surface area contributed by atoms with Gasteiger partial charge in [0.25, 0.3) is 0 Å². The molecule has 0 saturated carbocycles. The van der Waals surface area contributed by atoms with Crippen LogP contribution in [-0.2, 0) is 9.59 Å². The lowest BCUT2D eigenvalue weighted by Gasteiger charge is -2.18. The van der Waals surface area contributed by atoms with Crippen molar-refractivity contribution in [2.24, 2.45) is 11.3 Å². The summed E-state index contributed by atoms with van der Waals surface area (Å²) < 4.78 is 0. The Kier molecular flexibility index (Phi) is 5.55. The molecule has 88 valence electrons. The van der Waals surface area contributed by atoms with Crippen molar-refractivity contribution in [1.29, 1.82) is 0 Å². The summed E-state index contributed by atoms with van der Waals surface area (Å²) in [7, 11) is 0. The van der Waals surface area contributed by atoms with Crippen LogP contribution in [0.4, 0.5) is 0 Å². The molecule has 0 fully saturated rings. The average molecular weight is 213 g/mol. The van der Waals surface area contributed by atoms with E-state index in [2.05, 4.69) is 5.32 Å². The van der Waals surface area contributed by atoms with Gasteiger partial charge in [0.1, 0.15) is 0 Å². The van der Waals surface area contributed by atoms with Crippen LogP contribution < -0.4 is 5.32 Å². The number of hydrogen-bond acceptors (Lipinski definition) is 2. The van der Waals surface area contributed by atoms with Crippen LogP contribution in [-0.4, -0.2) is 18.2 Å². The van der Waals surface area contributed by atoms with Crippen LogP contribution in [0.5, 0.6) is 0 Å². The fourth-order valence-electron chi connectivity index (χ4n) is 1.24. The minimum Gasteiger partial charge on any atom is -0.349 e. The zero-order valence-electron chi connectivity index (χ0n) is 10.5. The van der Waals surface area contributed by atoms with Gasteiger partial charge in [-0.2, -0.15) is 0 Å². The molecule has 0 aliphatic heterocycles. The third-order valence-electron chi connectivity index (χ3n) is 2.62. The van der Waals surface area contributed by atoms with E-state index in [0.717, 1.165) is 12.8 Å².